The molecule has 0 bridgehead atoms. The molecule has 9 heteroatoms. The Bertz CT molecular complexity index is 994. The zero-order chi connectivity index (χ0) is 21.5. The number of carbonyl (C=O) groups is 2. The molecular weight excluding hydrogens is 466 g/mol. The number of benzene rings is 2. The summed E-state index contributed by atoms with van der Waals surface area (Å²) in [6.07, 6.45) is 0.726. The van der Waals surface area contributed by atoms with Gasteiger partial charge < -0.3 is 10.6 Å². The van der Waals surface area contributed by atoms with Gasteiger partial charge in [0.1, 0.15) is 11.0 Å². The van der Waals surface area contributed by atoms with Crippen molar-refractivity contribution in [2.45, 2.75) is 26.3 Å². The van der Waals surface area contributed by atoms with Crippen LogP contribution in [0.5, 0.6) is 0 Å². The van der Waals surface area contributed by atoms with Crippen molar-refractivity contribution in [2.75, 3.05) is 10.6 Å². The molecule has 7 nitrogen and oxygen atoms in total. The summed E-state index contributed by atoms with van der Waals surface area (Å²) in [5.41, 5.74) is 1.57. The number of aromatic nitrogens is 2. The van der Waals surface area contributed by atoms with E-state index < -0.39 is 12.1 Å². The number of halogens is 1. The van der Waals surface area contributed by atoms with Crippen molar-refractivity contribution in [3.63, 3.8) is 0 Å². The van der Waals surface area contributed by atoms with Crippen LogP contribution in [0.1, 0.15) is 20.3 Å². The Labute approximate surface area is 187 Å². The Morgan fingerprint density at radius 2 is 1.73 bits per heavy atom. The minimum Gasteiger partial charge on any atom is -0.326 e. The molecule has 0 aliphatic carbocycles. The highest BCUT2D eigenvalue weighted by Gasteiger charge is 2.27. The van der Waals surface area contributed by atoms with E-state index in [4.69, 9.17) is 0 Å². The van der Waals surface area contributed by atoms with Crippen LogP contribution in [-0.2, 0) is 4.79 Å². The van der Waals surface area contributed by atoms with Crippen molar-refractivity contribution in [1.29, 1.82) is 0 Å². The predicted molar refractivity (Wildman–Crippen MR) is 124 cm³/mol. The molecule has 0 spiro atoms. The van der Waals surface area contributed by atoms with Crippen molar-refractivity contribution in [3.8, 4) is 10.6 Å². The Balaban J connectivity index is 1.66. The number of rotatable bonds is 7. The number of para-hydroxylation sites is 1. The van der Waals surface area contributed by atoms with E-state index >= 15 is 0 Å². The highest BCUT2D eigenvalue weighted by atomic mass is 79.9. The van der Waals surface area contributed by atoms with Crippen molar-refractivity contribution < 1.29 is 9.59 Å². The second kappa shape index (κ2) is 10.3. The summed E-state index contributed by atoms with van der Waals surface area (Å²) in [6.45, 7) is 3.89. The fourth-order valence-electron chi connectivity index (χ4n) is 2.70. The van der Waals surface area contributed by atoms with Crippen LogP contribution in [0.3, 0.4) is 0 Å². The van der Waals surface area contributed by atoms with Crippen LogP contribution in [0.15, 0.2) is 59.1 Å². The lowest BCUT2D eigenvalue weighted by atomic mass is 9.98. The van der Waals surface area contributed by atoms with Crippen LogP contribution in [0.4, 0.5) is 15.6 Å². The molecule has 3 amide bonds. The quantitative estimate of drug-likeness (QED) is 0.429. The van der Waals surface area contributed by atoms with E-state index in [0.29, 0.717) is 15.8 Å². The molecular formula is C21H22BrN5O2S. The normalized spacial score (nSPS) is 12.6. The molecule has 1 aromatic heterocycles. The number of hydrogen-bond acceptors (Lipinski definition) is 5. The Morgan fingerprint density at radius 1 is 1.03 bits per heavy atom. The van der Waals surface area contributed by atoms with Gasteiger partial charge in [-0.25, -0.2) is 4.79 Å². The van der Waals surface area contributed by atoms with Crippen LogP contribution in [-0.4, -0.2) is 28.2 Å². The predicted octanol–water partition coefficient (Wildman–Crippen LogP) is 5.14. The summed E-state index contributed by atoms with van der Waals surface area (Å²) in [7, 11) is 0. The Hall–Kier alpha value is -2.78. The molecule has 1 heterocycles. The molecule has 3 aromatic rings. The molecule has 30 heavy (non-hydrogen) atoms. The second-order valence-electron chi connectivity index (χ2n) is 6.74. The van der Waals surface area contributed by atoms with Crippen LogP contribution in [0, 0.1) is 5.92 Å². The standard InChI is InChI=1S/C21H22BrN5O2S/c1-3-13(2)17(24-20(29)23-16-7-5-4-6-8-16)18(28)25-21-27-26-19(30-21)14-9-11-15(22)12-10-14/h4-13,17H,3H2,1-2H3,(H2,23,24,29)(H,25,27,28). The SMILES string of the molecule is CCC(C)C(NC(=O)Nc1ccccc1)C(=O)Nc1nnc(-c2ccc(Br)cc2)s1. The van der Waals surface area contributed by atoms with E-state index in [-0.39, 0.29) is 11.8 Å². The lowest BCUT2D eigenvalue weighted by molar-refractivity contribution is -0.119. The van der Waals surface area contributed by atoms with Gasteiger partial charge in [0.2, 0.25) is 11.0 Å². The van der Waals surface area contributed by atoms with Gasteiger partial charge in [0.05, 0.1) is 0 Å². The van der Waals surface area contributed by atoms with E-state index in [2.05, 4.69) is 42.1 Å². The van der Waals surface area contributed by atoms with Crippen LogP contribution < -0.4 is 16.0 Å². The molecule has 3 N–H and O–H groups in total. The topological polar surface area (TPSA) is 96.0 Å². The molecule has 156 valence electrons. The van der Waals surface area contributed by atoms with Gasteiger partial charge in [0.25, 0.3) is 0 Å². The largest absolute Gasteiger partial charge is 0.326 e. The van der Waals surface area contributed by atoms with E-state index in [0.717, 1.165) is 16.5 Å². The fourth-order valence-corrected chi connectivity index (χ4v) is 3.71. The smallest absolute Gasteiger partial charge is 0.319 e. The molecule has 0 saturated carbocycles. The van der Waals surface area contributed by atoms with Gasteiger partial charge in [-0.2, -0.15) is 0 Å². The molecule has 3 rings (SSSR count). The number of anilines is 2. The Kier molecular flexibility index (Phi) is 7.53. The number of amides is 3. The summed E-state index contributed by atoms with van der Waals surface area (Å²) < 4.78 is 0.973. The molecule has 2 atom stereocenters. The van der Waals surface area contributed by atoms with Gasteiger partial charge in [-0.05, 0) is 30.2 Å². The van der Waals surface area contributed by atoms with Crippen molar-refractivity contribution in [1.82, 2.24) is 15.5 Å². The third-order valence-corrected chi connectivity index (χ3v) is 5.98. The second-order valence-corrected chi connectivity index (χ2v) is 8.63. The third kappa shape index (κ3) is 5.87. The average molecular weight is 488 g/mol. The van der Waals surface area contributed by atoms with E-state index in [1.54, 1.807) is 12.1 Å². The highest BCUT2D eigenvalue weighted by molar-refractivity contribution is 9.10. The Morgan fingerprint density at radius 3 is 2.40 bits per heavy atom. The maximum Gasteiger partial charge on any atom is 0.319 e. The van der Waals surface area contributed by atoms with Crippen molar-refractivity contribution >= 4 is 50.0 Å². The van der Waals surface area contributed by atoms with Crippen molar-refractivity contribution in [2.24, 2.45) is 5.92 Å². The number of urea groups is 1. The van der Waals surface area contributed by atoms with Gasteiger partial charge in [-0.3, -0.25) is 10.1 Å². The lowest BCUT2D eigenvalue weighted by Gasteiger charge is -2.23. The number of nitrogens with zero attached hydrogens (tertiary/aromatic N) is 2. The number of hydrogen-bond donors (Lipinski definition) is 3. The zero-order valence-electron chi connectivity index (χ0n) is 16.6. The molecule has 0 radical (unpaired) electrons. The minimum atomic E-state index is -0.709. The van der Waals surface area contributed by atoms with Gasteiger partial charge >= 0.3 is 6.03 Å². The highest BCUT2D eigenvalue weighted by Crippen LogP contribution is 2.27. The fraction of sp³-hybridized carbons (Fsp3) is 0.238. The molecule has 0 aliphatic rings. The van der Waals surface area contributed by atoms with Gasteiger partial charge in [-0.1, -0.05) is 77.9 Å². The summed E-state index contributed by atoms with van der Waals surface area (Å²) in [6, 6.07) is 15.6. The summed E-state index contributed by atoms with van der Waals surface area (Å²) in [4.78, 5) is 25.3. The average Bonchev–Trinajstić information content (AvgIpc) is 3.21. The summed E-state index contributed by atoms with van der Waals surface area (Å²) in [5.74, 6) is -0.392. The molecule has 0 fully saturated rings. The number of nitrogens with one attached hydrogen (secondary N) is 3. The van der Waals surface area contributed by atoms with Gasteiger partial charge in [0, 0.05) is 15.7 Å². The third-order valence-electron chi connectivity index (χ3n) is 4.56. The molecule has 2 aromatic carbocycles. The van der Waals surface area contributed by atoms with E-state index in [1.165, 1.54) is 11.3 Å². The first-order valence-electron chi connectivity index (χ1n) is 9.49. The van der Waals surface area contributed by atoms with Crippen LogP contribution in [0.2, 0.25) is 0 Å². The minimum absolute atomic E-state index is 0.0645. The number of carbonyl (C=O) groups excluding carboxylic acids is 2. The molecule has 0 saturated heterocycles. The van der Waals surface area contributed by atoms with Gasteiger partial charge in [-0.15, -0.1) is 10.2 Å². The summed E-state index contributed by atoms with van der Waals surface area (Å²) in [5, 5.41) is 17.6. The maximum atomic E-state index is 12.9. The molecule has 2 unspecified atom stereocenters. The summed E-state index contributed by atoms with van der Waals surface area (Å²) >= 11 is 4.68. The first-order chi connectivity index (χ1) is 14.5. The van der Waals surface area contributed by atoms with E-state index in [1.807, 2.05) is 56.3 Å². The van der Waals surface area contributed by atoms with E-state index in [9.17, 15) is 9.59 Å². The lowest BCUT2D eigenvalue weighted by Crippen LogP contribution is -2.49. The first kappa shape index (κ1) is 21.9. The van der Waals surface area contributed by atoms with Crippen LogP contribution in [0.25, 0.3) is 10.6 Å². The van der Waals surface area contributed by atoms with Gasteiger partial charge in [0.15, 0.2) is 0 Å². The maximum absolute atomic E-state index is 12.9. The monoisotopic (exact) mass is 487 g/mol. The molecule has 0 aliphatic heterocycles. The zero-order valence-corrected chi connectivity index (χ0v) is 19.0. The van der Waals surface area contributed by atoms with Crippen LogP contribution >= 0.6 is 27.3 Å². The first-order valence-corrected chi connectivity index (χ1v) is 11.1. The van der Waals surface area contributed by atoms with Crippen molar-refractivity contribution in [3.05, 3.63) is 59.1 Å².